The normalized spacial score (nSPS) is 23.5. The van der Waals surface area contributed by atoms with E-state index in [0.717, 1.165) is 49.7 Å². The molecule has 4 heterocycles. The Labute approximate surface area is 280 Å². The number of imidazole rings is 1. The first-order chi connectivity index (χ1) is 22.8. The number of hydrogen-bond donors (Lipinski definition) is 2. The second-order valence-electron chi connectivity index (χ2n) is 14.6. The van der Waals surface area contributed by atoms with Crippen LogP contribution in [0, 0.1) is 23.7 Å². The van der Waals surface area contributed by atoms with E-state index in [1.165, 1.54) is 7.11 Å². The number of aromatic nitrogens is 2. The highest BCUT2D eigenvalue weighted by molar-refractivity contribution is 6.62. The Morgan fingerprint density at radius 3 is 2.52 bits per heavy atom. The molecule has 0 radical (unpaired) electrons. The molecule has 0 saturated carbocycles. The standard InChI is InChI=1S/C37H39BN4O6/c1-19(2)31(41-35(44)45-7)34(43)42-28-13-9-21(28)16-29(42)33-39-27-12-8-20-15-26-24-11-10-23(38-47-36(3,4)37(5,6)48-38)14-22(24)18-46-30(26)17-25(20)32(27)40-33/h8,10-12,14-15,17,19,21,28-29,31H,16,18H2,1-7H3,(H,39,40)(H,41,44)/t21-,28-,29-,31-/m0/s1. The van der Waals surface area contributed by atoms with E-state index in [1.54, 1.807) is 0 Å². The number of amides is 2. The lowest BCUT2D eigenvalue weighted by Gasteiger charge is -2.33. The number of benzene rings is 3. The highest BCUT2D eigenvalue weighted by Gasteiger charge is 2.52. The van der Waals surface area contributed by atoms with Gasteiger partial charge in [0.05, 0.1) is 41.3 Å². The first-order valence-electron chi connectivity index (χ1n) is 16.6. The highest BCUT2D eigenvalue weighted by atomic mass is 16.7. The number of nitrogens with zero attached hydrogens (tertiary/aromatic N) is 2. The zero-order chi connectivity index (χ0) is 33.7. The van der Waals surface area contributed by atoms with E-state index in [9.17, 15) is 9.59 Å². The lowest BCUT2D eigenvalue weighted by Crippen LogP contribution is -2.54. The Hall–Kier alpha value is -4.53. The number of hydrogen-bond acceptors (Lipinski definition) is 7. The van der Waals surface area contributed by atoms with Gasteiger partial charge < -0.3 is 34.0 Å². The van der Waals surface area contributed by atoms with Crippen molar-refractivity contribution >= 4 is 46.4 Å². The van der Waals surface area contributed by atoms with Crippen LogP contribution in [0.2, 0.25) is 0 Å². The molecule has 8 rings (SSSR count). The molecule has 10 nitrogen and oxygen atoms in total. The summed E-state index contributed by atoms with van der Waals surface area (Å²) in [6.45, 7) is 12.5. The quantitative estimate of drug-likeness (QED) is 0.226. The van der Waals surface area contributed by atoms with E-state index in [1.807, 2.05) is 24.8 Å². The van der Waals surface area contributed by atoms with Crippen LogP contribution in [0.5, 0.6) is 5.75 Å². The lowest BCUT2D eigenvalue weighted by molar-refractivity contribution is -0.137. The van der Waals surface area contributed by atoms with Crippen LogP contribution >= 0.6 is 0 Å². The maximum Gasteiger partial charge on any atom is 0.494 e. The van der Waals surface area contributed by atoms with Crippen LogP contribution in [-0.2, 0) is 25.4 Å². The second kappa shape index (κ2) is 10.7. The molecule has 1 aromatic heterocycles. The molecular weight excluding hydrogens is 607 g/mol. The molecule has 3 aromatic carbocycles. The largest absolute Gasteiger partial charge is 0.494 e. The Kier molecular flexibility index (Phi) is 6.89. The monoisotopic (exact) mass is 646 g/mol. The first kappa shape index (κ1) is 30.8. The van der Waals surface area contributed by atoms with Crippen molar-refractivity contribution in [1.82, 2.24) is 20.2 Å². The van der Waals surface area contributed by atoms with Gasteiger partial charge in [0, 0.05) is 10.9 Å². The summed E-state index contributed by atoms with van der Waals surface area (Å²) in [5.74, 6) is 7.63. The molecule has 3 aliphatic heterocycles. The van der Waals surface area contributed by atoms with Crippen LogP contribution in [0.25, 0.3) is 32.9 Å². The smallest absolute Gasteiger partial charge is 0.488 e. The Morgan fingerprint density at radius 2 is 1.83 bits per heavy atom. The van der Waals surface area contributed by atoms with E-state index in [4.69, 9.17) is 23.8 Å². The van der Waals surface area contributed by atoms with Crippen LogP contribution in [0.3, 0.4) is 0 Å². The molecule has 246 valence electrons. The number of likely N-dealkylation sites (tertiary alicyclic amines) is 1. The number of methoxy groups -OCH3 is 1. The summed E-state index contributed by atoms with van der Waals surface area (Å²) >= 11 is 0. The lowest BCUT2D eigenvalue weighted by atomic mass is 9.77. The average Bonchev–Trinajstić information content (AvgIpc) is 3.66. The third-order valence-electron chi connectivity index (χ3n) is 10.8. The number of H-pyrrole nitrogens is 1. The fraction of sp³-hybridized carbons (Fsp3) is 0.432. The number of aromatic amines is 1. The third kappa shape index (κ3) is 4.68. The van der Waals surface area contributed by atoms with Crippen LogP contribution in [-0.4, -0.2) is 64.4 Å². The van der Waals surface area contributed by atoms with E-state index in [2.05, 4.69) is 86.2 Å². The van der Waals surface area contributed by atoms with E-state index < -0.39 is 30.5 Å². The van der Waals surface area contributed by atoms with Crippen LogP contribution < -0.4 is 15.5 Å². The molecule has 0 unspecified atom stereocenters. The van der Waals surface area contributed by atoms with Gasteiger partial charge in [-0.2, -0.15) is 0 Å². The summed E-state index contributed by atoms with van der Waals surface area (Å²) in [5, 5.41) is 4.73. The molecular formula is C37H39BN4O6. The molecule has 0 spiro atoms. The van der Waals surface area contributed by atoms with Gasteiger partial charge >= 0.3 is 13.2 Å². The summed E-state index contributed by atoms with van der Waals surface area (Å²) in [5.41, 5.74) is 5.08. The van der Waals surface area contributed by atoms with Crippen LogP contribution in [0.15, 0.2) is 42.5 Å². The van der Waals surface area contributed by atoms with Gasteiger partial charge in [-0.05, 0) is 80.2 Å². The number of rotatable bonds is 5. The van der Waals surface area contributed by atoms with Crippen molar-refractivity contribution in [3.63, 3.8) is 0 Å². The summed E-state index contributed by atoms with van der Waals surface area (Å²) in [6, 6.07) is 13.4. The minimum atomic E-state index is -0.745. The van der Waals surface area contributed by atoms with Crippen molar-refractivity contribution in [1.29, 1.82) is 0 Å². The van der Waals surface area contributed by atoms with Gasteiger partial charge in [-0.15, -0.1) is 0 Å². The van der Waals surface area contributed by atoms with Gasteiger partial charge in [-0.1, -0.05) is 50.0 Å². The van der Waals surface area contributed by atoms with Gasteiger partial charge in [0.25, 0.3) is 0 Å². The number of alkyl carbamates (subject to hydrolysis) is 1. The SMILES string of the molecule is COC(=O)N[C@H](C(=O)N1[C@H](c2nc3c(ccc4cc5c(cc43)OCc3cc(B4OC(C)(C)C(C)(C)O4)ccc3-5)[nH]2)C[C@@H]2C#C[C@@H]21)C(C)C. The van der Waals surface area contributed by atoms with Gasteiger partial charge in [0.15, 0.2) is 0 Å². The predicted molar refractivity (Wildman–Crippen MR) is 183 cm³/mol. The number of carbonyl (C=O) groups is 2. The number of ether oxygens (including phenoxy) is 2. The number of carbonyl (C=O) groups excluding carboxylic acids is 2. The average molecular weight is 647 g/mol. The summed E-state index contributed by atoms with van der Waals surface area (Å²) in [4.78, 5) is 36.5. The van der Waals surface area contributed by atoms with Crippen molar-refractivity contribution in [2.75, 3.05) is 7.11 Å². The number of nitrogens with one attached hydrogen (secondary N) is 2. The molecule has 2 fully saturated rings. The molecule has 0 bridgehead atoms. The fourth-order valence-electron chi connectivity index (χ4n) is 7.28. The minimum absolute atomic E-state index is 0.0700. The summed E-state index contributed by atoms with van der Waals surface area (Å²) in [6.07, 6.45) is 0.0377. The molecule has 4 aliphatic rings. The molecule has 2 amide bonds. The molecule has 4 atom stereocenters. The fourth-order valence-corrected chi connectivity index (χ4v) is 7.28. The number of fused-ring (bicyclic) bond motifs is 7. The minimum Gasteiger partial charge on any atom is -0.488 e. The van der Waals surface area contributed by atoms with Gasteiger partial charge in [-0.3, -0.25) is 4.79 Å². The van der Waals surface area contributed by atoms with Gasteiger partial charge in [0.2, 0.25) is 5.91 Å². The third-order valence-corrected chi connectivity index (χ3v) is 10.8. The molecule has 2 saturated heterocycles. The first-order valence-corrected chi connectivity index (χ1v) is 16.6. The van der Waals surface area contributed by atoms with Crippen molar-refractivity contribution in [2.24, 2.45) is 11.8 Å². The Balaban J connectivity index is 1.12. The highest BCUT2D eigenvalue weighted by Crippen LogP contribution is 2.45. The summed E-state index contributed by atoms with van der Waals surface area (Å²) < 4.78 is 23.8. The molecule has 1 aliphatic carbocycles. The van der Waals surface area contributed by atoms with Crippen molar-refractivity contribution in [2.45, 2.75) is 83.9 Å². The second-order valence-corrected chi connectivity index (χ2v) is 14.6. The molecule has 11 heteroatoms. The molecule has 4 aromatic rings. The predicted octanol–water partition coefficient (Wildman–Crippen LogP) is 5.23. The molecule has 2 N–H and O–H groups in total. The topological polar surface area (TPSA) is 115 Å². The van der Waals surface area contributed by atoms with E-state index >= 15 is 0 Å². The zero-order valence-electron chi connectivity index (χ0n) is 28.3. The Bertz CT molecular complexity index is 2060. The van der Waals surface area contributed by atoms with Crippen molar-refractivity contribution in [3.8, 4) is 28.7 Å². The Morgan fingerprint density at radius 1 is 1.06 bits per heavy atom. The van der Waals surface area contributed by atoms with Gasteiger partial charge in [0.1, 0.15) is 30.3 Å². The van der Waals surface area contributed by atoms with Crippen molar-refractivity contribution < 1.29 is 28.4 Å². The van der Waals surface area contributed by atoms with E-state index in [-0.39, 0.29) is 29.8 Å². The summed E-state index contributed by atoms with van der Waals surface area (Å²) in [7, 11) is 0.857. The molecule has 48 heavy (non-hydrogen) atoms. The maximum absolute atomic E-state index is 14.0. The zero-order valence-corrected chi connectivity index (χ0v) is 28.3. The van der Waals surface area contributed by atoms with Gasteiger partial charge in [-0.25, -0.2) is 9.78 Å². The van der Waals surface area contributed by atoms with Crippen LogP contribution in [0.1, 0.15) is 65.4 Å². The maximum atomic E-state index is 14.0. The van der Waals surface area contributed by atoms with E-state index in [0.29, 0.717) is 18.9 Å². The van der Waals surface area contributed by atoms with Crippen molar-refractivity contribution in [3.05, 3.63) is 53.9 Å². The van der Waals surface area contributed by atoms with Crippen LogP contribution in [0.4, 0.5) is 4.79 Å².